The summed E-state index contributed by atoms with van der Waals surface area (Å²) in [5, 5.41) is 0. The molecule has 31 heavy (non-hydrogen) atoms. The van der Waals surface area contributed by atoms with E-state index in [9.17, 15) is 14.4 Å². The van der Waals surface area contributed by atoms with E-state index in [1.165, 1.54) is 28.4 Å². The van der Waals surface area contributed by atoms with E-state index < -0.39 is 34.5 Å². The molecule has 4 aliphatic rings. The number of carbonyl (C=O) groups excluding carboxylic acids is 3. The monoisotopic (exact) mass is 431 g/mol. The zero-order valence-corrected chi connectivity index (χ0v) is 18.1. The molecule has 5 rings (SSSR count). The van der Waals surface area contributed by atoms with Crippen molar-refractivity contribution >= 4 is 17.7 Å². The maximum Gasteiger partial charge on any atom is 0.316 e. The van der Waals surface area contributed by atoms with Crippen molar-refractivity contribution < 1.29 is 38.1 Å². The van der Waals surface area contributed by atoms with E-state index >= 15 is 0 Å². The van der Waals surface area contributed by atoms with E-state index in [2.05, 4.69) is 0 Å². The molecule has 4 atom stereocenters. The van der Waals surface area contributed by atoms with Crippen molar-refractivity contribution in [3.63, 3.8) is 0 Å². The Bertz CT molecular complexity index is 1020. The van der Waals surface area contributed by atoms with E-state index in [4.69, 9.17) is 23.7 Å². The molecular weight excluding hydrogens is 406 g/mol. The summed E-state index contributed by atoms with van der Waals surface area (Å²) >= 11 is 0. The Morgan fingerprint density at radius 3 is 2.23 bits per heavy atom. The highest BCUT2D eigenvalue weighted by Gasteiger charge is 2.95. The first-order chi connectivity index (χ1) is 14.8. The summed E-state index contributed by atoms with van der Waals surface area (Å²) in [6.07, 6.45) is 0.570. The van der Waals surface area contributed by atoms with Gasteiger partial charge in [0.05, 0.1) is 38.7 Å². The number of ether oxygens (including phenoxy) is 5. The predicted molar refractivity (Wildman–Crippen MR) is 104 cm³/mol. The molecule has 1 aromatic rings. The van der Waals surface area contributed by atoms with Gasteiger partial charge in [0, 0.05) is 27.2 Å². The molecule has 1 aromatic carbocycles. The number of Topliss-reactive ketones (excluding diaryl/α,β-unsaturated/α-hetero) is 1. The minimum Gasteiger partial charge on any atom is -0.493 e. The molecule has 2 aliphatic carbocycles. The van der Waals surface area contributed by atoms with Gasteiger partial charge in [-0.25, -0.2) is 0 Å². The maximum absolute atomic E-state index is 13.5. The Labute approximate surface area is 179 Å². The lowest BCUT2D eigenvalue weighted by atomic mass is 9.62. The summed E-state index contributed by atoms with van der Waals surface area (Å²) < 4.78 is 27.5. The Balaban J connectivity index is 1.85. The number of benzene rings is 1. The molecule has 1 amide bonds. The van der Waals surface area contributed by atoms with E-state index in [1.807, 2.05) is 12.1 Å². The number of amides is 1. The lowest BCUT2D eigenvalue weighted by Gasteiger charge is -2.54. The minimum absolute atomic E-state index is 0.0117. The van der Waals surface area contributed by atoms with Crippen molar-refractivity contribution in [2.24, 2.45) is 17.3 Å². The predicted octanol–water partition coefficient (Wildman–Crippen LogP) is 0.665. The third kappa shape index (κ3) is 1.93. The molecule has 0 radical (unpaired) electrons. The van der Waals surface area contributed by atoms with Gasteiger partial charge in [0.2, 0.25) is 11.7 Å². The third-order valence-corrected chi connectivity index (χ3v) is 7.87. The largest absolute Gasteiger partial charge is 0.493 e. The Hall–Kier alpha value is -2.65. The van der Waals surface area contributed by atoms with E-state index in [1.54, 1.807) is 12.0 Å². The molecule has 9 nitrogen and oxygen atoms in total. The second-order valence-electron chi connectivity index (χ2n) is 8.48. The van der Waals surface area contributed by atoms with Crippen LogP contribution in [0.15, 0.2) is 12.1 Å². The molecule has 2 aliphatic heterocycles. The van der Waals surface area contributed by atoms with Crippen LogP contribution in [0.2, 0.25) is 0 Å². The first kappa shape index (κ1) is 20.3. The summed E-state index contributed by atoms with van der Waals surface area (Å²) in [5.41, 5.74) is -0.803. The highest BCUT2D eigenvalue weighted by Crippen LogP contribution is 2.80. The Morgan fingerprint density at radius 2 is 1.65 bits per heavy atom. The summed E-state index contributed by atoms with van der Waals surface area (Å²) in [6.45, 7) is 0.404. The quantitative estimate of drug-likeness (QED) is 0.495. The van der Waals surface area contributed by atoms with Crippen LogP contribution in [0.25, 0.3) is 0 Å². The number of nitrogens with zero attached hydrogens (tertiary/aromatic N) is 1. The van der Waals surface area contributed by atoms with Crippen LogP contribution in [-0.2, 0) is 40.6 Å². The number of ketones is 1. The molecule has 1 spiro atoms. The van der Waals surface area contributed by atoms with Crippen LogP contribution in [0.1, 0.15) is 17.5 Å². The highest BCUT2D eigenvalue weighted by molar-refractivity contribution is 6.12. The molecule has 2 saturated carbocycles. The number of methoxy groups -OCH3 is 5. The number of fused-ring (bicyclic) bond motifs is 2. The number of piperidine rings is 1. The third-order valence-electron chi connectivity index (χ3n) is 7.87. The lowest BCUT2D eigenvalue weighted by molar-refractivity contribution is -0.241. The topological polar surface area (TPSA) is 101 Å². The van der Waals surface area contributed by atoms with Gasteiger partial charge in [0.15, 0.2) is 17.3 Å². The van der Waals surface area contributed by atoms with Gasteiger partial charge in [0.1, 0.15) is 5.41 Å². The normalized spacial score (nSPS) is 33.9. The van der Waals surface area contributed by atoms with Gasteiger partial charge >= 0.3 is 5.97 Å². The van der Waals surface area contributed by atoms with E-state index in [0.29, 0.717) is 24.5 Å². The Morgan fingerprint density at radius 1 is 1.00 bits per heavy atom. The van der Waals surface area contributed by atoms with Crippen molar-refractivity contribution in [1.82, 2.24) is 4.90 Å². The first-order valence-corrected chi connectivity index (χ1v) is 10.1. The van der Waals surface area contributed by atoms with Crippen LogP contribution in [0, 0.1) is 17.3 Å². The van der Waals surface area contributed by atoms with Gasteiger partial charge in [-0.2, -0.15) is 0 Å². The standard InChI is InChI=1S/C22H25NO8/c1-27-13-8-11-6-7-23-18(25)16-15-17(24)21(30-4,31-5)10-20(23,12(11)9-14(13)28-2)22(15,16)19(26)29-3/h8-9,15-16H,6-7,10H2,1-5H3/t15-,16?,20-,22+/m1/s1. The number of hydrogen-bond acceptors (Lipinski definition) is 8. The van der Waals surface area contributed by atoms with Gasteiger partial charge in [-0.3, -0.25) is 14.4 Å². The smallest absolute Gasteiger partial charge is 0.316 e. The summed E-state index contributed by atoms with van der Waals surface area (Å²) in [5.74, 6) is -3.35. The van der Waals surface area contributed by atoms with Crippen LogP contribution in [-0.4, -0.2) is 70.4 Å². The number of hydrogen-bond donors (Lipinski definition) is 0. The van der Waals surface area contributed by atoms with Crippen LogP contribution in [0.4, 0.5) is 0 Å². The van der Waals surface area contributed by atoms with E-state index in [-0.39, 0.29) is 18.1 Å². The molecule has 0 bridgehead atoms. The maximum atomic E-state index is 13.5. The van der Waals surface area contributed by atoms with Crippen LogP contribution in [0.5, 0.6) is 11.5 Å². The van der Waals surface area contributed by atoms with Gasteiger partial charge < -0.3 is 28.6 Å². The van der Waals surface area contributed by atoms with Gasteiger partial charge in [-0.15, -0.1) is 0 Å². The first-order valence-electron chi connectivity index (χ1n) is 10.1. The molecule has 1 saturated heterocycles. The fraction of sp³-hybridized carbons (Fsp3) is 0.591. The van der Waals surface area contributed by atoms with Crippen LogP contribution >= 0.6 is 0 Å². The van der Waals surface area contributed by atoms with Crippen LogP contribution < -0.4 is 9.47 Å². The zero-order valence-electron chi connectivity index (χ0n) is 18.1. The van der Waals surface area contributed by atoms with Gasteiger partial charge in [-0.1, -0.05) is 0 Å². The van der Waals surface area contributed by atoms with Crippen molar-refractivity contribution in [3.8, 4) is 11.5 Å². The second-order valence-corrected chi connectivity index (χ2v) is 8.48. The SMILES string of the molecule is COC(=O)[C@]12C3C(=O)N4CCc5cc(OC)c(OC)cc5[C@@]41CC(OC)(OC)C(=O)[C@@H]32. The average Bonchev–Trinajstić information content (AvgIpc) is 3.46. The average molecular weight is 431 g/mol. The minimum atomic E-state index is -1.57. The molecule has 2 heterocycles. The number of rotatable bonds is 5. The zero-order chi connectivity index (χ0) is 22.3. The molecular formula is C22H25NO8. The molecule has 0 aromatic heterocycles. The van der Waals surface area contributed by atoms with Crippen LogP contribution in [0.3, 0.4) is 0 Å². The van der Waals surface area contributed by atoms with Crippen molar-refractivity contribution in [2.75, 3.05) is 42.1 Å². The van der Waals surface area contributed by atoms with Gasteiger partial charge in [0.25, 0.3) is 0 Å². The van der Waals surface area contributed by atoms with Crippen molar-refractivity contribution in [2.45, 2.75) is 24.2 Å². The number of esters is 1. The molecule has 166 valence electrons. The van der Waals surface area contributed by atoms with Gasteiger partial charge in [-0.05, 0) is 29.7 Å². The molecule has 1 unspecified atom stereocenters. The van der Waals surface area contributed by atoms with Crippen molar-refractivity contribution in [1.29, 1.82) is 0 Å². The number of carbonyl (C=O) groups is 3. The molecule has 0 N–H and O–H groups in total. The fourth-order valence-corrected chi connectivity index (χ4v) is 6.61. The molecule has 3 fully saturated rings. The highest BCUT2D eigenvalue weighted by atomic mass is 16.7. The summed E-state index contributed by atoms with van der Waals surface area (Å²) in [7, 11) is 7.18. The lowest BCUT2D eigenvalue weighted by Crippen LogP contribution is -2.67. The summed E-state index contributed by atoms with van der Waals surface area (Å²) in [6, 6.07) is 3.68. The summed E-state index contributed by atoms with van der Waals surface area (Å²) in [4.78, 5) is 41.9. The Kier molecular flexibility index (Phi) is 4.05. The molecule has 9 heteroatoms. The van der Waals surface area contributed by atoms with E-state index in [0.717, 1.165) is 11.1 Å². The fourth-order valence-electron chi connectivity index (χ4n) is 6.61. The second kappa shape index (κ2) is 6.20. The van der Waals surface area contributed by atoms with Crippen molar-refractivity contribution in [3.05, 3.63) is 23.3 Å².